The molecule has 1 amide bonds. The lowest BCUT2D eigenvalue weighted by Crippen LogP contribution is -2.51. The van der Waals surface area contributed by atoms with Crippen molar-refractivity contribution in [3.05, 3.63) is 35.9 Å². The van der Waals surface area contributed by atoms with E-state index in [-0.39, 0.29) is 30.8 Å². The molecular formula is C16H23N3O3. The van der Waals surface area contributed by atoms with Crippen LogP contribution in [0.4, 0.5) is 0 Å². The van der Waals surface area contributed by atoms with E-state index >= 15 is 0 Å². The Kier molecular flexibility index (Phi) is 5.91. The van der Waals surface area contributed by atoms with Gasteiger partial charge in [0.15, 0.2) is 0 Å². The van der Waals surface area contributed by atoms with Gasteiger partial charge in [0.1, 0.15) is 0 Å². The highest BCUT2D eigenvalue weighted by Gasteiger charge is 2.29. The summed E-state index contributed by atoms with van der Waals surface area (Å²) in [5, 5.41) is 12.5. The number of benzene rings is 1. The number of nitrogens with one attached hydrogen (secondary N) is 1. The van der Waals surface area contributed by atoms with Crippen LogP contribution < -0.4 is 11.1 Å². The monoisotopic (exact) mass is 305 g/mol. The van der Waals surface area contributed by atoms with E-state index in [9.17, 15) is 9.59 Å². The molecule has 4 N–H and O–H groups in total. The van der Waals surface area contributed by atoms with E-state index in [2.05, 4.69) is 5.32 Å². The maximum atomic E-state index is 11.1. The summed E-state index contributed by atoms with van der Waals surface area (Å²) in [6.07, 6.45) is 0.924. The molecule has 22 heavy (non-hydrogen) atoms. The molecule has 1 saturated heterocycles. The Bertz CT molecular complexity index is 483. The second kappa shape index (κ2) is 7.91. The minimum Gasteiger partial charge on any atom is -0.481 e. The third-order valence-electron chi connectivity index (χ3n) is 3.89. The molecule has 0 aromatic heterocycles. The Labute approximate surface area is 130 Å². The van der Waals surface area contributed by atoms with Gasteiger partial charge in [-0.1, -0.05) is 30.3 Å². The molecule has 1 aliphatic heterocycles. The topological polar surface area (TPSA) is 95.7 Å². The summed E-state index contributed by atoms with van der Waals surface area (Å²) in [6.45, 7) is 2.24. The van der Waals surface area contributed by atoms with E-state index in [0.29, 0.717) is 13.1 Å². The lowest BCUT2D eigenvalue weighted by Gasteiger charge is -2.37. The maximum absolute atomic E-state index is 11.1. The Morgan fingerprint density at radius 2 is 2.00 bits per heavy atom. The molecule has 2 unspecified atom stereocenters. The number of carbonyl (C=O) groups excluding carboxylic acids is 1. The first-order valence-electron chi connectivity index (χ1n) is 7.52. The van der Waals surface area contributed by atoms with Gasteiger partial charge in [-0.05, 0) is 17.9 Å². The number of primary amides is 1. The SMILES string of the molecule is NC(=O)CN1CC(CC(=O)O)CC(NCc2ccccc2)C1. The molecule has 0 spiro atoms. The smallest absolute Gasteiger partial charge is 0.303 e. The molecule has 6 heteroatoms. The zero-order valence-corrected chi connectivity index (χ0v) is 12.6. The van der Waals surface area contributed by atoms with Crippen molar-refractivity contribution in [1.29, 1.82) is 0 Å². The van der Waals surface area contributed by atoms with Gasteiger partial charge in [-0.25, -0.2) is 0 Å². The molecule has 0 radical (unpaired) electrons. The number of hydrogen-bond donors (Lipinski definition) is 3. The van der Waals surface area contributed by atoms with E-state index in [4.69, 9.17) is 10.8 Å². The number of amides is 1. The number of rotatable bonds is 7. The van der Waals surface area contributed by atoms with Crippen molar-refractivity contribution in [3.8, 4) is 0 Å². The number of nitrogens with zero attached hydrogens (tertiary/aromatic N) is 1. The van der Waals surface area contributed by atoms with E-state index in [1.165, 1.54) is 5.56 Å². The number of carboxylic acids is 1. The zero-order chi connectivity index (χ0) is 15.9. The summed E-state index contributed by atoms with van der Waals surface area (Å²) in [6, 6.07) is 10.2. The highest BCUT2D eigenvalue weighted by Crippen LogP contribution is 2.20. The first-order chi connectivity index (χ1) is 10.5. The van der Waals surface area contributed by atoms with Gasteiger partial charge in [0.2, 0.25) is 5.91 Å². The first-order valence-corrected chi connectivity index (χ1v) is 7.52. The van der Waals surface area contributed by atoms with Gasteiger partial charge < -0.3 is 16.2 Å². The van der Waals surface area contributed by atoms with Crippen LogP contribution in [0.1, 0.15) is 18.4 Å². The molecule has 1 aromatic carbocycles. The maximum Gasteiger partial charge on any atom is 0.303 e. The van der Waals surface area contributed by atoms with Gasteiger partial charge in [-0.3, -0.25) is 14.5 Å². The third kappa shape index (κ3) is 5.46. The minimum absolute atomic E-state index is 0.0406. The van der Waals surface area contributed by atoms with E-state index in [1.54, 1.807) is 0 Å². The van der Waals surface area contributed by atoms with Crippen LogP contribution in [0.25, 0.3) is 0 Å². The van der Waals surface area contributed by atoms with Crippen LogP contribution in [0.15, 0.2) is 30.3 Å². The van der Waals surface area contributed by atoms with Crippen LogP contribution in [-0.2, 0) is 16.1 Å². The number of aliphatic carboxylic acids is 1. The summed E-state index contributed by atoms with van der Waals surface area (Å²) in [7, 11) is 0. The molecular weight excluding hydrogens is 282 g/mol. The van der Waals surface area contributed by atoms with Crippen LogP contribution in [0, 0.1) is 5.92 Å². The van der Waals surface area contributed by atoms with Gasteiger partial charge in [0, 0.05) is 32.1 Å². The molecule has 2 rings (SSSR count). The number of carbonyl (C=O) groups is 2. The second-order valence-electron chi connectivity index (χ2n) is 5.92. The molecule has 1 fully saturated rings. The van der Waals surface area contributed by atoms with Gasteiger partial charge in [0.25, 0.3) is 0 Å². The molecule has 2 atom stereocenters. The largest absolute Gasteiger partial charge is 0.481 e. The fourth-order valence-electron chi connectivity index (χ4n) is 3.05. The predicted molar refractivity (Wildman–Crippen MR) is 83.1 cm³/mol. The molecule has 120 valence electrons. The number of carboxylic acid groups (broad SMARTS) is 1. The van der Waals surface area contributed by atoms with Crippen LogP contribution in [0.5, 0.6) is 0 Å². The van der Waals surface area contributed by atoms with Crippen molar-refractivity contribution >= 4 is 11.9 Å². The highest BCUT2D eigenvalue weighted by molar-refractivity contribution is 5.76. The van der Waals surface area contributed by atoms with Crippen molar-refractivity contribution in [1.82, 2.24) is 10.2 Å². The highest BCUT2D eigenvalue weighted by atomic mass is 16.4. The normalized spacial score (nSPS) is 22.4. The molecule has 1 heterocycles. The number of hydrogen-bond acceptors (Lipinski definition) is 4. The summed E-state index contributed by atoms with van der Waals surface area (Å²) < 4.78 is 0. The molecule has 0 aliphatic carbocycles. The standard InChI is InChI=1S/C16H23N3O3/c17-15(20)11-19-9-13(7-16(21)22)6-14(10-19)18-8-12-4-2-1-3-5-12/h1-5,13-14,18H,6-11H2,(H2,17,20)(H,21,22). The Balaban J connectivity index is 1.92. The summed E-state index contributed by atoms with van der Waals surface area (Å²) in [4.78, 5) is 24.0. The third-order valence-corrected chi connectivity index (χ3v) is 3.89. The molecule has 6 nitrogen and oxygen atoms in total. The van der Waals surface area contributed by atoms with Crippen molar-refractivity contribution in [2.24, 2.45) is 11.7 Å². The zero-order valence-electron chi connectivity index (χ0n) is 12.6. The number of likely N-dealkylation sites (tertiary alicyclic amines) is 1. The minimum atomic E-state index is -0.798. The fraction of sp³-hybridized carbons (Fsp3) is 0.500. The molecule has 1 aromatic rings. The summed E-state index contributed by atoms with van der Waals surface area (Å²) in [5.41, 5.74) is 6.45. The average molecular weight is 305 g/mol. The van der Waals surface area contributed by atoms with Crippen LogP contribution in [0.2, 0.25) is 0 Å². The Morgan fingerprint density at radius 1 is 1.27 bits per heavy atom. The van der Waals surface area contributed by atoms with Crippen LogP contribution >= 0.6 is 0 Å². The summed E-state index contributed by atoms with van der Waals surface area (Å²) >= 11 is 0. The van der Waals surface area contributed by atoms with Gasteiger partial charge in [-0.15, -0.1) is 0 Å². The molecule has 0 bridgehead atoms. The van der Waals surface area contributed by atoms with Crippen molar-refractivity contribution < 1.29 is 14.7 Å². The molecule has 1 aliphatic rings. The van der Waals surface area contributed by atoms with E-state index in [0.717, 1.165) is 13.0 Å². The predicted octanol–water partition coefficient (Wildman–Crippen LogP) is 0.427. The lowest BCUT2D eigenvalue weighted by molar-refractivity contribution is -0.138. The first kappa shape index (κ1) is 16.5. The number of piperidine rings is 1. The van der Waals surface area contributed by atoms with Crippen molar-refractivity contribution in [2.75, 3.05) is 19.6 Å². The Morgan fingerprint density at radius 3 is 2.64 bits per heavy atom. The average Bonchev–Trinajstić information content (AvgIpc) is 2.44. The fourth-order valence-corrected chi connectivity index (χ4v) is 3.05. The lowest BCUT2D eigenvalue weighted by atomic mass is 9.91. The van der Waals surface area contributed by atoms with Crippen LogP contribution in [0.3, 0.4) is 0 Å². The van der Waals surface area contributed by atoms with E-state index < -0.39 is 5.97 Å². The van der Waals surface area contributed by atoms with Gasteiger partial charge in [0.05, 0.1) is 6.54 Å². The quantitative estimate of drug-likeness (QED) is 0.679. The van der Waals surface area contributed by atoms with Gasteiger partial charge in [-0.2, -0.15) is 0 Å². The van der Waals surface area contributed by atoms with Gasteiger partial charge >= 0.3 is 5.97 Å². The second-order valence-corrected chi connectivity index (χ2v) is 5.92. The summed E-state index contributed by atoms with van der Waals surface area (Å²) in [5.74, 6) is -1.13. The van der Waals surface area contributed by atoms with Crippen molar-refractivity contribution in [2.45, 2.75) is 25.4 Å². The van der Waals surface area contributed by atoms with Crippen molar-refractivity contribution in [3.63, 3.8) is 0 Å². The van der Waals surface area contributed by atoms with E-state index in [1.807, 2.05) is 35.2 Å². The van der Waals surface area contributed by atoms with Crippen LogP contribution in [-0.4, -0.2) is 47.6 Å². The Hall–Kier alpha value is -1.92. The number of nitrogens with two attached hydrogens (primary N) is 1. The molecule has 0 saturated carbocycles.